The number of nitrogens with zero attached hydrogens (tertiary/aromatic N) is 1. The van der Waals surface area contributed by atoms with Gasteiger partial charge in [-0.3, -0.25) is 9.59 Å². The second kappa shape index (κ2) is 11.4. The molecule has 0 bridgehead atoms. The normalized spacial score (nSPS) is 15.8. The zero-order valence-corrected chi connectivity index (χ0v) is 25.7. The largest absolute Gasteiger partial charge is 0.382 e. The van der Waals surface area contributed by atoms with Crippen molar-refractivity contribution in [3.63, 3.8) is 0 Å². The van der Waals surface area contributed by atoms with Gasteiger partial charge in [0.05, 0.1) is 28.1 Å². The SMILES string of the molecule is COCC(C)(C)NC(=O)c1ccc(-c2ccc3nc(C(C(=O)NCCS(N)(=O)=O)(C4CC4)S(C)(=O)=O)sc3c2)cc1. The number of ether oxygens (including phenoxy) is 1. The third-order valence-electron chi connectivity index (χ3n) is 6.89. The molecule has 0 aliphatic heterocycles. The van der Waals surface area contributed by atoms with Crippen molar-refractivity contribution in [1.82, 2.24) is 15.6 Å². The molecule has 0 spiro atoms. The van der Waals surface area contributed by atoms with E-state index in [1.807, 2.05) is 38.1 Å². The molecule has 41 heavy (non-hydrogen) atoms. The van der Waals surface area contributed by atoms with E-state index in [0.29, 0.717) is 35.2 Å². The molecule has 0 saturated heterocycles. The second-order valence-electron chi connectivity index (χ2n) is 11.0. The van der Waals surface area contributed by atoms with Crippen molar-refractivity contribution in [3.05, 3.63) is 53.0 Å². The topological polar surface area (TPSA) is 175 Å². The lowest BCUT2D eigenvalue weighted by molar-refractivity contribution is -0.124. The van der Waals surface area contributed by atoms with Crippen molar-refractivity contribution in [2.45, 2.75) is 37.0 Å². The average Bonchev–Trinajstić information content (AvgIpc) is 3.60. The van der Waals surface area contributed by atoms with Crippen molar-refractivity contribution in [2.24, 2.45) is 11.1 Å². The van der Waals surface area contributed by atoms with Gasteiger partial charge in [-0.25, -0.2) is 27.0 Å². The molecule has 2 aromatic carbocycles. The minimum Gasteiger partial charge on any atom is -0.382 e. The van der Waals surface area contributed by atoms with Crippen molar-refractivity contribution < 1.29 is 31.2 Å². The highest BCUT2D eigenvalue weighted by molar-refractivity contribution is 7.92. The number of aromatic nitrogens is 1. The van der Waals surface area contributed by atoms with Gasteiger partial charge in [-0.2, -0.15) is 0 Å². The molecule has 4 N–H and O–H groups in total. The van der Waals surface area contributed by atoms with Gasteiger partial charge in [0.2, 0.25) is 20.7 Å². The van der Waals surface area contributed by atoms with E-state index in [1.54, 1.807) is 25.3 Å². The lowest BCUT2D eigenvalue weighted by Crippen LogP contribution is -2.52. The molecule has 1 aliphatic rings. The average molecular weight is 623 g/mol. The third kappa shape index (κ3) is 6.78. The molecule has 11 nitrogen and oxygen atoms in total. The van der Waals surface area contributed by atoms with Crippen LogP contribution >= 0.6 is 11.3 Å². The summed E-state index contributed by atoms with van der Waals surface area (Å²) in [6.07, 6.45) is 2.06. The Balaban J connectivity index is 1.65. The Morgan fingerprint density at radius 3 is 2.27 bits per heavy atom. The molecule has 4 rings (SSSR count). The molecule has 1 heterocycles. The Hall–Kier alpha value is -2.91. The summed E-state index contributed by atoms with van der Waals surface area (Å²) in [5, 5.41) is 10.6. The van der Waals surface area contributed by atoms with Crippen LogP contribution in [0.3, 0.4) is 0 Å². The number of rotatable bonds is 12. The second-order valence-corrected chi connectivity index (χ2v) is 15.9. The van der Waals surface area contributed by atoms with Gasteiger partial charge in [0.25, 0.3) is 5.91 Å². The zero-order valence-electron chi connectivity index (χ0n) is 23.3. The van der Waals surface area contributed by atoms with E-state index >= 15 is 0 Å². The van der Waals surface area contributed by atoms with Crippen LogP contribution < -0.4 is 15.8 Å². The molecule has 1 fully saturated rings. The standard InChI is InChI=1S/C27H34N4O7S3/c1-26(2,16-38-3)31-23(32)18-7-5-17(6-8-18)19-9-12-21-22(15-19)39-25(30-21)27(20-10-11-20,40(4,34)35)24(33)29-13-14-41(28,36)37/h5-9,12,15,20H,10-11,13-14,16H2,1-4H3,(H,29,33)(H,31,32)(H2,28,36,37). The smallest absolute Gasteiger partial charge is 0.251 e. The number of thiazole rings is 1. The fraction of sp³-hybridized carbons (Fsp3) is 0.444. The van der Waals surface area contributed by atoms with Crippen LogP contribution in [-0.4, -0.2) is 71.4 Å². The molecule has 1 aliphatic carbocycles. The Bertz CT molecular complexity index is 1680. The van der Waals surface area contributed by atoms with Gasteiger partial charge in [0.15, 0.2) is 9.84 Å². The molecule has 222 valence electrons. The van der Waals surface area contributed by atoms with E-state index in [-0.39, 0.29) is 17.5 Å². The fourth-order valence-corrected chi connectivity index (χ4v) is 8.61. The predicted molar refractivity (Wildman–Crippen MR) is 159 cm³/mol. The minimum absolute atomic E-state index is 0.147. The number of benzene rings is 2. The maximum Gasteiger partial charge on any atom is 0.251 e. The summed E-state index contributed by atoms with van der Waals surface area (Å²) in [5.74, 6) is -2.01. The zero-order chi connectivity index (χ0) is 30.2. The Morgan fingerprint density at radius 2 is 1.71 bits per heavy atom. The highest BCUT2D eigenvalue weighted by Crippen LogP contribution is 2.52. The summed E-state index contributed by atoms with van der Waals surface area (Å²) >= 11 is 1.12. The van der Waals surface area contributed by atoms with Crippen LogP contribution in [0, 0.1) is 5.92 Å². The number of fused-ring (bicyclic) bond motifs is 1. The van der Waals surface area contributed by atoms with E-state index < -0.39 is 47.7 Å². The quantitative estimate of drug-likeness (QED) is 0.275. The van der Waals surface area contributed by atoms with Gasteiger partial charge in [-0.05, 0) is 68.0 Å². The summed E-state index contributed by atoms with van der Waals surface area (Å²) in [7, 11) is -6.28. The molecular formula is C27H34N4O7S3. The van der Waals surface area contributed by atoms with Gasteiger partial charge < -0.3 is 15.4 Å². The van der Waals surface area contributed by atoms with Crippen molar-refractivity contribution in [3.8, 4) is 11.1 Å². The summed E-state index contributed by atoms with van der Waals surface area (Å²) < 4.78 is 53.1. The first-order valence-corrected chi connectivity index (χ1v) is 17.3. The van der Waals surface area contributed by atoms with Gasteiger partial charge in [-0.15, -0.1) is 11.3 Å². The first kappa shape index (κ1) is 31.0. The maximum absolute atomic E-state index is 13.5. The lowest BCUT2D eigenvalue weighted by atomic mass is 10.0. The number of sulfone groups is 1. The van der Waals surface area contributed by atoms with Crippen LogP contribution in [0.1, 0.15) is 42.1 Å². The lowest BCUT2D eigenvalue weighted by Gasteiger charge is -2.28. The number of carbonyl (C=O) groups is 2. The highest BCUT2D eigenvalue weighted by Gasteiger charge is 2.61. The molecule has 3 aromatic rings. The van der Waals surface area contributed by atoms with Crippen LogP contribution in [0.15, 0.2) is 42.5 Å². The van der Waals surface area contributed by atoms with E-state index in [4.69, 9.17) is 9.88 Å². The van der Waals surface area contributed by atoms with Crippen LogP contribution in [0.4, 0.5) is 0 Å². The monoisotopic (exact) mass is 622 g/mol. The highest BCUT2D eigenvalue weighted by atomic mass is 32.2. The molecule has 1 atom stereocenters. The number of nitrogens with two attached hydrogens (primary N) is 1. The van der Waals surface area contributed by atoms with E-state index in [1.165, 1.54) is 0 Å². The molecule has 2 amide bonds. The Labute approximate surface area is 243 Å². The van der Waals surface area contributed by atoms with Gasteiger partial charge in [0, 0.05) is 25.5 Å². The minimum atomic E-state index is -4.01. The number of primary sulfonamides is 1. The van der Waals surface area contributed by atoms with Gasteiger partial charge >= 0.3 is 0 Å². The molecule has 1 saturated carbocycles. The molecule has 0 radical (unpaired) electrons. The van der Waals surface area contributed by atoms with E-state index in [9.17, 15) is 26.4 Å². The number of hydrogen-bond donors (Lipinski definition) is 3. The van der Waals surface area contributed by atoms with Crippen LogP contribution in [0.25, 0.3) is 21.3 Å². The summed E-state index contributed by atoms with van der Waals surface area (Å²) in [6.45, 7) is 3.80. The molecular weight excluding hydrogens is 589 g/mol. The van der Waals surface area contributed by atoms with Crippen LogP contribution in [0.5, 0.6) is 0 Å². The summed E-state index contributed by atoms with van der Waals surface area (Å²) in [6, 6.07) is 12.6. The maximum atomic E-state index is 13.5. The van der Waals surface area contributed by atoms with Crippen molar-refractivity contribution in [2.75, 3.05) is 32.3 Å². The summed E-state index contributed by atoms with van der Waals surface area (Å²) in [4.78, 5) is 30.7. The Morgan fingerprint density at radius 1 is 1.07 bits per heavy atom. The molecule has 1 aromatic heterocycles. The fourth-order valence-electron chi connectivity index (χ4n) is 4.87. The predicted octanol–water partition coefficient (Wildman–Crippen LogP) is 2.17. The molecule has 1 unspecified atom stereocenters. The number of carbonyl (C=O) groups excluding carboxylic acids is 2. The first-order valence-electron chi connectivity index (χ1n) is 12.9. The first-order chi connectivity index (χ1) is 19.1. The van der Waals surface area contributed by atoms with Gasteiger partial charge in [0.1, 0.15) is 5.01 Å². The summed E-state index contributed by atoms with van der Waals surface area (Å²) in [5.41, 5.74) is 2.17. The molecule has 14 heteroatoms. The van der Waals surface area contributed by atoms with Crippen LogP contribution in [-0.2, 0) is 34.1 Å². The van der Waals surface area contributed by atoms with E-state index in [2.05, 4.69) is 15.6 Å². The van der Waals surface area contributed by atoms with Crippen LogP contribution in [0.2, 0.25) is 0 Å². The number of sulfonamides is 1. The number of hydrogen-bond acceptors (Lipinski definition) is 9. The number of nitrogens with one attached hydrogen (secondary N) is 2. The van der Waals surface area contributed by atoms with E-state index in [0.717, 1.165) is 28.7 Å². The number of amides is 2. The third-order valence-corrected chi connectivity index (χ3v) is 10.8. The van der Waals surface area contributed by atoms with Crippen molar-refractivity contribution >= 4 is 53.2 Å². The number of methoxy groups -OCH3 is 1. The van der Waals surface area contributed by atoms with Gasteiger partial charge in [-0.1, -0.05) is 18.2 Å². The van der Waals surface area contributed by atoms with Crippen molar-refractivity contribution in [1.29, 1.82) is 0 Å². The Kier molecular flexibility index (Phi) is 8.63.